The van der Waals surface area contributed by atoms with Gasteiger partial charge in [0.05, 0.1) is 6.42 Å². The lowest BCUT2D eigenvalue weighted by Crippen LogP contribution is -2.26. The number of hydrogen-bond donors (Lipinski definition) is 2. The van der Waals surface area contributed by atoms with Crippen LogP contribution in [0.5, 0.6) is 0 Å². The van der Waals surface area contributed by atoms with Gasteiger partial charge in [-0.25, -0.2) is 0 Å². The highest BCUT2D eigenvalue weighted by molar-refractivity contribution is 5.69. The van der Waals surface area contributed by atoms with E-state index < -0.39 is 11.6 Å². The fourth-order valence-electron chi connectivity index (χ4n) is 1.97. The van der Waals surface area contributed by atoms with Crippen LogP contribution in [0.25, 0.3) is 0 Å². The molecule has 0 spiro atoms. The number of carboxylic acids is 1. The zero-order valence-electron chi connectivity index (χ0n) is 7.60. The van der Waals surface area contributed by atoms with Crippen molar-refractivity contribution in [2.24, 2.45) is 0 Å². The minimum Gasteiger partial charge on any atom is -0.481 e. The number of aliphatic hydroxyl groups is 1. The topological polar surface area (TPSA) is 70.4 Å². The van der Waals surface area contributed by atoms with Crippen molar-refractivity contribution in [3.05, 3.63) is 29.6 Å². The van der Waals surface area contributed by atoms with Gasteiger partial charge in [0.2, 0.25) is 0 Å². The molecule has 4 nitrogen and oxygen atoms in total. The molecule has 1 aromatic rings. The van der Waals surface area contributed by atoms with Crippen LogP contribution in [-0.4, -0.2) is 21.2 Å². The minimum absolute atomic E-state index is 0.244. The molecular weight excluding hydrogens is 182 g/mol. The number of rotatable bonds is 2. The number of aromatic nitrogens is 1. The van der Waals surface area contributed by atoms with Crippen molar-refractivity contribution in [2.45, 2.75) is 24.9 Å². The molecule has 0 saturated heterocycles. The van der Waals surface area contributed by atoms with Gasteiger partial charge in [-0.1, -0.05) is 0 Å². The fraction of sp³-hybridized carbons (Fsp3) is 0.400. The predicted molar refractivity (Wildman–Crippen MR) is 48.7 cm³/mol. The lowest BCUT2D eigenvalue weighted by molar-refractivity contribution is -0.142. The Morgan fingerprint density at radius 3 is 3.14 bits per heavy atom. The van der Waals surface area contributed by atoms with Gasteiger partial charge in [0.1, 0.15) is 5.60 Å². The van der Waals surface area contributed by atoms with E-state index in [0.717, 1.165) is 12.0 Å². The third-order valence-electron chi connectivity index (χ3n) is 2.66. The van der Waals surface area contributed by atoms with Crippen LogP contribution in [0.1, 0.15) is 24.0 Å². The molecule has 0 radical (unpaired) electrons. The first-order chi connectivity index (χ1) is 6.62. The van der Waals surface area contributed by atoms with E-state index >= 15 is 0 Å². The molecule has 2 N–H and O–H groups in total. The Morgan fingerprint density at radius 1 is 1.64 bits per heavy atom. The average molecular weight is 193 g/mol. The number of pyridine rings is 1. The third-order valence-corrected chi connectivity index (χ3v) is 2.66. The van der Waals surface area contributed by atoms with E-state index in [1.54, 1.807) is 12.4 Å². The van der Waals surface area contributed by atoms with Gasteiger partial charge in [-0.2, -0.15) is 0 Å². The largest absolute Gasteiger partial charge is 0.481 e. The summed E-state index contributed by atoms with van der Waals surface area (Å²) in [4.78, 5) is 14.5. The Morgan fingerprint density at radius 2 is 2.43 bits per heavy atom. The Kier molecular flexibility index (Phi) is 2.00. The Balaban J connectivity index is 2.37. The predicted octanol–water partition coefficient (Wildman–Crippen LogP) is 0.690. The number of carboxylic acid groups (broad SMARTS) is 1. The maximum Gasteiger partial charge on any atom is 0.306 e. The highest BCUT2D eigenvalue weighted by Gasteiger charge is 2.38. The third kappa shape index (κ3) is 1.37. The molecule has 1 aliphatic rings. The zero-order valence-corrected chi connectivity index (χ0v) is 7.60. The summed E-state index contributed by atoms with van der Waals surface area (Å²) < 4.78 is 0. The summed E-state index contributed by atoms with van der Waals surface area (Å²) in [5.41, 5.74) is 0.459. The van der Waals surface area contributed by atoms with Crippen molar-refractivity contribution in [1.29, 1.82) is 0 Å². The van der Waals surface area contributed by atoms with E-state index in [4.69, 9.17) is 5.11 Å². The second kappa shape index (κ2) is 3.06. The number of aliphatic carboxylic acids is 1. The fourth-order valence-corrected chi connectivity index (χ4v) is 1.97. The van der Waals surface area contributed by atoms with Gasteiger partial charge in [0, 0.05) is 18.0 Å². The Labute approximate surface area is 81.2 Å². The lowest BCUT2D eigenvalue weighted by Gasteiger charge is -2.20. The normalized spacial score (nSPS) is 24.6. The van der Waals surface area contributed by atoms with Crippen molar-refractivity contribution in [3.63, 3.8) is 0 Å². The van der Waals surface area contributed by atoms with Crippen LogP contribution in [0, 0.1) is 0 Å². The van der Waals surface area contributed by atoms with Gasteiger partial charge >= 0.3 is 5.97 Å². The van der Waals surface area contributed by atoms with Crippen molar-refractivity contribution < 1.29 is 15.0 Å². The Hall–Kier alpha value is -1.42. The van der Waals surface area contributed by atoms with Gasteiger partial charge in [0.25, 0.3) is 0 Å². The van der Waals surface area contributed by atoms with E-state index in [1.165, 1.54) is 0 Å². The first kappa shape index (κ1) is 9.15. The number of hydrogen-bond acceptors (Lipinski definition) is 3. The van der Waals surface area contributed by atoms with E-state index in [-0.39, 0.29) is 6.42 Å². The van der Waals surface area contributed by atoms with Crippen molar-refractivity contribution in [1.82, 2.24) is 4.98 Å². The van der Waals surface area contributed by atoms with Crippen molar-refractivity contribution >= 4 is 5.97 Å². The van der Waals surface area contributed by atoms with Crippen molar-refractivity contribution in [3.8, 4) is 0 Å². The molecule has 2 rings (SSSR count). The maximum atomic E-state index is 10.6. The van der Waals surface area contributed by atoms with Crippen LogP contribution in [0.15, 0.2) is 18.5 Å². The van der Waals surface area contributed by atoms with Crippen LogP contribution in [0.4, 0.5) is 0 Å². The number of nitrogens with zero attached hydrogens (tertiary/aromatic N) is 1. The quantitative estimate of drug-likeness (QED) is 0.725. The molecule has 1 heterocycles. The van der Waals surface area contributed by atoms with E-state index in [2.05, 4.69) is 4.98 Å². The summed E-state index contributed by atoms with van der Waals surface area (Å²) in [7, 11) is 0. The highest BCUT2D eigenvalue weighted by atomic mass is 16.4. The summed E-state index contributed by atoms with van der Waals surface area (Å²) in [5.74, 6) is -0.982. The van der Waals surface area contributed by atoms with Gasteiger partial charge in [-0.05, 0) is 24.5 Å². The van der Waals surface area contributed by atoms with Gasteiger partial charge in [-0.15, -0.1) is 0 Å². The molecule has 0 amide bonds. The molecule has 1 atom stereocenters. The SMILES string of the molecule is O=C(O)CC1(O)CCc2ccncc21. The molecule has 4 heteroatoms. The minimum atomic E-state index is -1.21. The monoisotopic (exact) mass is 193 g/mol. The van der Waals surface area contributed by atoms with Crippen molar-refractivity contribution in [2.75, 3.05) is 0 Å². The molecule has 0 fully saturated rings. The molecule has 1 unspecified atom stereocenters. The number of fused-ring (bicyclic) bond motifs is 1. The van der Waals surface area contributed by atoms with Crippen LogP contribution >= 0.6 is 0 Å². The van der Waals surface area contributed by atoms with Gasteiger partial charge in [-0.3, -0.25) is 9.78 Å². The standard InChI is InChI=1S/C10H11NO3/c12-9(13)5-10(14)3-1-7-2-4-11-6-8(7)10/h2,4,6,14H,1,3,5H2,(H,12,13). The zero-order chi connectivity index (χ0) is 10.2. The van der Waals surface area contributed by atoms with E-state index in [1.807, 2.05) is 6.07 Å². The second-order valence-corrected chi connectivity index (χ2v) is 3.63. The molecule has 74 valence electrons. The first-order valence-corrected chi connectivity index (χ1v) is 4.49. The van der Waals surface area contributed by atoms with Crippen LogP contribution in [-0.2, 0) is 16.8 Å². The van der Waals surface area contributed by atoms with Crippen LogP contribution in [0.2, 0.25) is 0 Å². The molecule has 14 heavy (non-hydrogen) atoms. The van der Waals surface area contributed by atoms with E-state index in [9.17, 15) is 9.90 Å². The van der Waals surface area contributed by atoms with Gasteiger partial charge < -0.3 is 10.2 Å². The summed E-state index contributed by atoms with van der Waals surface area (Å²) >= 11 is 0. The molecule has 0 saturated carbocycles. The average Bonchev–Trinajstić information content (AvgIpc) is 2.44. The van der Waals surface area contributed by atoms with Gasteiger partial charge in [0.15, 0.2) is 0 Å². The molecule has 1 aromatic heterocycles. The van der Waals surface area contributed by atoms with E-state index in [0.29, 0.717) is 12.0 Å². The second-order valence-electron chi connectivity index (χ2n) is 3.63. The lowest BCUT2D eigenvalue weighted by atomic mass is 9.94. The Bertz CT molecular complexity index is 377. The smallest absolute Gasteiger partial charge is 0.306 e. The molecular formula is C10H11NO3. The van der Waals surface area contributed by atoms with Crippen LogP contribution in [0.3, 0.4) is 0 Å². The highest BCUT2D eigenvalue weighted by Crippen LogP contribution is 2.38. The number of aryl methyl sites for hydroxylation is 1. The summed E-state index contributed by atoms with van der Waals surface area (Å²) in [6.45, 7) is 0. The summed E-state index contributed by atoms with van der Waals surface area (Å²) in [6.07, 6.45) is 4.17. The first-order valence-electron chi connectivity index (χ1n) is 4.49. The number of carbonyl (C=O) groups is 1. The maximum absolute atomic E-state index is 10.6. The molecule has 0 aromatic carbocycles. The summed E-state index contributed by atoms with van der Waals surface area (Å²) in [6, 6.07) is 1.83. The summed E-state index contributed by atoms with van der Waals surface area (Å²) in [5, 5.41) is 18.8. The molecule has 0 bridgehead atoms. The van der Waals surface area contributed by atoms with Crippen LogP contribution < -0.4 is 0 Å². The molecule has 0 aliphatic heterocycles. The molecule has 1 aliphatic carbocycles.